The molecule has 0 bridgehead atoms. The molecule has 1 aromatic carbocycles. The Balaban J connectivity index is 1.48. The number of esters is 4. The molecule has 19 nitrogen and oxygen atoms in total. The van der Waals surface area contributed by atoms with Crippen LogP contribution < -0.4 is 14.5 Å². The Morgan fingerprint density at radius 3 is 2.30 bits per heavy atom. The van der Waals surface area contributed by atoms with Crippen molar-refractivity contribution in [3.63, 3.8) is 0 Å². The summed E-state index contributed by atoms with van der Waals surface area (Å²) in [6.45, 7) is 6.21. The second-order valence-electron chi connectivity index (χ2n) is 13.5. The molecule has 2 aromatic heterocycles. The number of fused-ring (bicyclic) bond motifs is 1. The summed E-state index contributed by atoms with van der Waals surface area (Å²) in [6, 6.07) is 7.12. The Labute approximate surface area is 332 Å². The first-order chi connectivity index (χ1) is 27.1. The fraction of sp³-hybridized carbons (Fsp3) is 0.486. The second-order valence-corrected chi connectivity index (χ2v) is 13.9. The number of nitriles is 1. The highest BCUT2D eigenvalue weighted by Crippen LogP contribution is 2.37. The predicted octanol–water partition coefficient (Wildman–Crippen LogP) is 2.85. The number of rotatable bonds is 10. The Morgan fingerprint density at radius 2 is 1.65 bits per heavy atom. The summed E-state index contributed by atoms with van der Waals surface area (Å²) >= 11 is 6.41. The lowest BCUT2D eigenvalue weighted by Gasteiger charge is -2.43. The van der Waals surface area contributed by atoms with Crippen LogP contribution in [0.2, 0.25) is 5.02 Å². The van der Waals surface area contributed by atoms with Gasteiger partial charge in [-0.2, -0.15) is 5.26 Å². The average molecular weight is 812 g/mol. The van der Waals surface area contributed by atoms with Crippen LogP contribution in [0.1, 0.15) is 40.5 Å². The molecule has 2 fully saturated rings. The number of nitrogens with zero attached hydrogens (tertiary/aromatic N) is 7. The number of anilines is 2. The molecule has 5 rings (SSSR count). The van der Waals surface area contributed by atoms with Crippen molar-refractivity contribution in [1.29, 1.82) is 5.26 Å². The molecule has 0 radical (unpaired) electrons. The molecule has 0 spiro atoms. The summed E-state index contributed by atoms with van der Waals surface area (Å²) < 4.78 is 34.5. The molecule has 2 amide bonds. The smallest absolute Gasteiger partial charge is 0.339 e. The van der Waals surface area contributed by atoms with Crippen molar-refractivity contribution in [2.24, 2.45) is 5.92 Å². The topological polar surface area (TPSA) is 222 Å². The van der Waals surface area contributed by atoms with E-state index in [1.807, 2.05) is 18.0 Å². The Bertz CT molecular complexity index is 2090. The summed E-state index contributed by atoms with van der Waals surface area (Å²) in [5.74, 6) is -3.21. The number of amides is 2. The number of likely N-dealkylation sites (N-methyl/N-ethyl adjacent to an activating group) is 1. The standard InChI is InChI=1S/C37H42ClN7O12/c1-19-11-14-44(28(49)10-13-39)17-26(19)42(5)33-24-12-15-45(34(24)41-18-40-33)37(51)43(6)25-16-23(38)8-9-27(25)56-36-32(55-22(4)48)30(54-21(3)47)29(53-20(2)46)31(57-36)35(50)52-7/h8-9,12,15-16,18-19,26,29-32,36H,10-11,14,17H2,1-7H3/t19-,26?,29+,30+,31+,32-,36-/m1/s1. The number of benzene rings is 1. The van der Waals surface area contributed by atoms with Crippen molar-refractivity contribution in [3.8, 4) is 11.8 Å². The minimum atomic E-state index is -1.72. The number of carbonyl (C=O) groups is 6. The van der Waals surface area contributed by atoms with Gasteiger partial charge in [-0.15, -0.1) is 0 Å². The lowest BCUT2D eigenvalue weighted by atomic mass is 9.92. The fourth-order valence-corrected chi connectivity index (χ4v) is 7.07. The van der Waals surface area contributed by atoms with Crippen LogP contribution >= 0.6 is 11.6 Å². The number of hydrogen-bond acceptors (Lipinski definition) is 16. The zero-order valence-corrected chi connectivity index (χ0v) is 33.0. The summed E-state index contributed by atoms with van der Waals surface area (Å²) in [5.41, 5.74) is 0.353. The van der Waals surface area contributed by atoms with Gasteiger partial charge < -0.3 is 38.2 Å². The van der Waals surface area contributed by atoms with E-state index in [0.29, 0.717) is 24.3 Å². The molecule has 1 unspecified atom stereocenters. The van der Waals surface area contributed by atoms with Crippen LogP contribution in [0.3, 0.4) is 0 Å². The molecule has 20 heteroatoms. The minimum absolute atomic E-state index is 0.0539. The zero-order valence-electron chi connectivity index (χ0n) is 32.2. The number of carbonyl (C=O) groups excluding carboxylic acids is 6. The maximum Gasteiger partial charge on any atom is 0.339 e. The molecular formula is C37H42ClN7O12. The van der Waals surface area contributed by atoms with E-state index in [0.717, 1.165) is 34.3 Å². The van der Waals surface area contributed by atoms with Crippen LogP contribution in [-0.2, 0) is 47.7 Å². The molecule has 2 aliphatic heterocycles. The van der Waals surface area contributed by atoms with Gasteiger partial charge >= 0.3 is 29.9 Å². The van der Waals surface area contributed by atoms with Crippen molar-refractivity contribution >= 4 is 70.0 Å². The van der Waals surface area contributed by atoms with Gasteiger partial charge in [0.25, 0.3) is 0 Å². The molecule has 2 saturated heterocycles. The van der Waals surface area contributed by atoms with E-state index in [2.05, 4.69) is 16.9 Å². The largest absolute Gasteiger partial charge is 0.467 e. The first-order valence-corrected chi connectivity index (χ1v) is 18.1. The van der Waals surface area contributed by atoms with Crippen LogP contribution in [0.25, 0.3) is 11.0 Å². The van der Waals surface area contributed by atoms with Gasteiger partial charge in [0.1, 0.15) is 24.3 Å². The van der Waals surface area contributed by atoms with Gasteiger partial charge in [-0.3, -0.25) is 28.6 Å². The van der Waals surface area contributed by atoms with Crippen LogP contribution in [0, 0.1) is 17.2 Å². The van der Waals surface area contributed by atoms with Crippen LogP contribution in [-0.4, -0.2) is 126 Å². The summed E-state index contributed by atoms with van der Waals surface area (Å²) in [5, 5.41) is 9.80. The first-order valence-electron chi connectivity index (χ1n) is 17.7. The highest BCUT2D eigenvalue weighted by molar-refractivity contribution is 6.31. The van der Waals surface area contributed by atoms with Gasteiger partial charge in [-0.1, -0.05) is 18.5 Å². The quantitative estimate of drug-likeness (QED) is 0.212. The number of likely N-dealkylation sites (tertiary alicyclic amines) is 1. The predicted molar refractivity (Wildman–Crippen MR) is 199 cm³/mol. The molecule has 7 atom stereocenters. The minimum Gasteiger partial charge on any atom is -0.467 e. The lowest BCUT2D eigenvalue weighted by Crippen LogP contribution is -2.64. The van der Waals surface area contributed by atoms with E-state index in [1.54, 1.807) is 11.0 Å². The van der Waals surface area contributed by atoms with Crippen molar-refractivity contribution < 1.29 is 57.2 Å². The SMILES string of the molecule is COC(=O)[C@H]1O[C@@H](Oc2ccc(Cl)cc2N(C)C(=O)n2ccc3c(N(C)C4CN(C(=O)CC#N)CC[C@H]4C)ncnc32)[C@H](OC(C)=O)[C@@H](OC(C)=O)[C@@H]1OC(C)=O. The van der Waals surface area contributed by atoms with Crippen LogP contribution in [0.5, 0.6) is 5.75 Å². The van der Waals surface area contributed by atoms with Crippen LogP contribution in [0.4, 0.5) is 16.3 Å². The van der Waals surface area contributed by atoms with E-state index in [-0.39, 0.29) is 46.4 Å². The van der Waals surface area contributed by atoms with E-state index >= 15 is 0 Å². The second kappa shape index (κ2) is 17.9. The maximum absolute atomic E-state index is 14.3. The van der Waals surface area contributed by atoms with Gasteiger partial charge in [-0.05, 0) is 36.6 Å². The lowest BCUT2D eigenvalue weighted by molar-refractivity contribution is -0.282. The van der Waals surface area contributed by atoms with E-state index < -0.39 is 60.6 Å². The van der Waals surface area contributed by atoms with Gasteiger partial charge in [-0.25, -0.2) is 19.6 Å². The Morgan fingerprint density at radius 1 is 0.982 bits per heavy atom. The summed E-state index contributed by atoms with van der Waals surface area (Å²) in [6.07, 6.45) is -4.88. The third kappa shape index (κ3) is 9.18. The average Bonchev–Trinajstić information content (AvgIpc) is 3.60. The normalized spacial score (nSPS) is 23.1. The number of halogens is 1. The van der Waals surface area contributed by atoms with Gasteiger partial charge in [0, 0.05) is 59.2 Å². The van der Waals surface area contributed by atoms with E-state index in [9.17, 15) is 28.8 Å². The Kier molecular flexibility index (Phi) is 13.2. The van der Waals surface area contributed by atoms with Crippen molar-refractivity contribution in [3.05, 3.63) is 41.8 Å². The molecule has 0 aliphatic carbocycles. The number of hydrogen-bond donors (Lipinski definition) is 0. The van der Waals surface area contributed by atoms with Crippen molar-refractivity contribution in [2.75, 3.05) is 44.1 Å². The summed E-state index contributed by atoms with van der Waals surface area (Å²) in [7, 11) is 4.35. The molecule has 57 heavy (non-hydrogen) atoms. The maximum atomic E-state index is 14.3. The summed E-state index contributed by atoms with van der Waals surface area (Å²) in [4.78, 5) is 90.3. The third-order valence-corrected chi connectivity index (χ3v) is 9.88. The number of methoxy groups -OCH3 is 1. The monoisotopic (exact) mass is 811 g/mol. The van der Waals surface area contributed by atoms with Gasteiger partial charge in [0.15, 0.2) is 24.0 Å². The van der Waals surface area contributed by atoms with Gasteiger partial charge in [0.05, 0.1) is 30.3 Å². The van der Waals surface area contributed by atoms with Crippen molar-refractivity contribution in [2.45, 2.75) is 77.3 Å². The molecule has 3 aromatic rings. The number of piperidine rings is 1. The molecule has 304 valence electrons. The first kappa shape index (κ1) is 42.1. The van der Waals surface area contributed by atoms with E-state index in [4.69, 9.17) is 45.3 Å². The molecule has 0 saturated carbocycles. The molecule has 4 heterocycles. The van der Waals surface area contributed by atoms with E-state index in [1.165, 1.54) is 47.2 Å². The third-order valence-electron chi connectivity index (χ3n) is 9.65. The van der Waals surface area contributed by atoms with Crippen molar-refractivity contribution in [1.82, 2.24) is 19.4 Å². The molecule has 2 aliphatic rings. The highest BCUT2D eigenvalue weighted by atomic mass is 35.5. The zero-order chi connectivity index (χ0) is 41.7. The number of aromatic nitrogens is 3. The number of ether oxygens (including phenoxy) is 6. The fourth-order valence-electron chi connectivity index (χ4n) is 6.91. The van der Waals surface area contributed by atoms with Crippen LogP contribution in [0.15, 0.2) is 36.8 Å². The Hall–Kier alpha value is -6.00. The molecule has 0 N–H and O–H groups in total. The van der Waals surface area contributed by atoms with Gasteiger partial charge in [0.2, 0.25) is 18.3 Å². The molecular weight excluding hydrogens is 770 g/mol. The highest BCUT2D eigenvalue weighted by Gasteiger charge is 2.56.